The molecule has 1 amide bonds. The van der Waals surface area contributed by atoms with Crippen LogP contribution in [0.25, 0.3) is 20.6 Å². The first-order valence-electron chi connectivity index (χ1n) is 9.45. The molecule has 2 aromatic heterocycles. The Bertz CT molecular complexity index is 1160. The van der Waals surface area contributed by atoms with E-state index in [1.54, 1.807) is 28.8 Å². The first kappa shape index (κ1) is 19.8. The number of aromatic nitrogens is 2. The Kier molecular flexibility index (Phi) is 5.60. The van der Waals surface area contributed by atoms with Gasteiger partial charge >= 0.3 is 6.17 Å². The number of nitrogens with one attached hydrogen (secondary N) is 1. The average molecular weight is 417 g/mol. The zero-order chi connectivity index (χ0) is 21.1. The van der Waals surface area contributed by atoms with Gasteiger partial charge in [0, 0.05) is 29.2 Å². The van der Waals surface area contributed by atoms with Crippen molar-refractivity contribution in [1.82, 2.24) is 14.9 Å². The molecule has 0 saturated carbocycles. The number of fused-ring (bicyclic) bond motifs is 1. The highest BCUT2D eigenvalue weighted by Crippen LogP contribution is 2.30. The highest BCUT2D eigenvalue weighted by atomic mass is 32.2. The predicted molar refractivity (Wildman–Crippen MR) is 116 cm³/mol. The largest absolute Gasteiger partial charge is 0.439 e. The summed E-state index contributed by atoms with van der Waals surface area (Å²) in [6.07, 6.45) is 3.62. The van der Waals surface area contributed by atoms with Crippen molar-refractivity contribution in [3.63, 3.8) is 0 Å². The van der Waals surface area contributed by atoms with Crippen molar-refractivity contribution in [3.05, 3.63) is 71.1 Å². The number of hydrogen-bond acceptors (Lipinski definition) is 4. The first-order valence-corrected chi connectivity index (χ1v) is 10.6. The molecular weight excluding hydrogens is 398 g/mol. The van der Waals surface area contributed by atoms with Gasteiger partial charge in [-0.25, -0.2) is 16.4 Å². The molecule has 2 atom stereocenters. The van der Waals surface area contributed by atoms with Crippen molar-refractivity contribution in [3.8, 4) is 11.6 Å². The quantitative estimate of drug-likeness (QED) is 0.602. The van der Waals surface area contributed by atoms with Crippen molar-refractivity contribution >= 4 is 34.3 Å². The molecule has 150 valence electrons. The number of benzene rings is 1. The van der Waals surface area contributed by atoms with Crippen LogP contribution in [0.15, 0.2) is 42.7 Å². The Hall–Kier alpha value is -3.49. The summed E-state index contributed by atoms with van der Waals surface area (Å²) in [5.74, 6) is 2.11. The van der Waals surface area contributed by atoms with E-state index in [0.717, 1.165) is 16.5 Å². The Labute approximate surface area is 178 Å². The van der Waals surface area contributed by atoms with Crippen molar-refractivity contribution in [2.75, 3.05) is 11.6 Å². The number of H-pyrrole nitrogens is 1. The summed E-state index contributed by atoms with van der Waals surface area (Å²) >= 11 is 1.62. The molecule has 1 fully saturated rings. The van der Waals surface area contributed by atoms with E-state index in [0.29, 0.717) is 35.4 Å². The Morgan fingerprint density at radius 2 is 2.27 bits per heavy atom. The van der Waals surface area contributed by atoms with Gasteiger partial charge in [0.15, 0.2) is 0 Å². The standard InChI is InChI=1S/C22H19N5O2S/c1-14(22(28)27-13-30-12-20(27)24-3)8-15-10-25-19-6-5-17(9-18(15)19)29-21-7-4-16(23-2)11-26-21/h4-7,9-11,14,20,25H,8,12-13H2,1H3/t14-,20+/m0/s1. The smallest absolute Gasteiger partial charge is 0.310 e. The zero-order valence-electron chi connectivity index (χ0n) is 16.3. The van der Waals surface area contributed by atoms with E-state index in [1.165, 1.54) is 6.20 Å². The minimum Gasteiger partial charge on any atom is -0.439 e. The van der Waals surface area contributed by atoms with Gasteiger partial charge in [-0.3, -0.25) is 14.5 Å². The molecule has 1 aliphatic heterocycles. The normalized spacial score (nSPS) is 16.8. The maximum atomic E-state index is 12.8. The third-order valence-corrected chi connectivity index (χ3v) is 6.04. The van der Waals surface area contributed by atoms with Crippen LogP contribution < -0.4 is 4.74 Å². The van der Waals surface area contributed by atoms with Gasteiger partial charge in [0.1, 0.15) is 5.75 Å². The second kappa shape index (κ2) is 8.48. The highest BCUT2D eigenvalue weighted by molar-refractivity contribution is 7.99. The van der Waals surface area contributed by atoms with E-state index in [-0.39, 0.29) is 18.0 Å². The van der Waals surface area contributed by atoms with E-state index in [1.807, 2.05) is 31.3 Å². The molecule has 3 heterocycles. The summed E-state index contributed by atoms with van der Waals surface area (Å²) in [5.41, 5.74) is 2.45. The molecule has 0 bridgehead atoms. The van der Waals surface area contributed by atoms with Crippen LogP contribution >= 0.6 is 11.8 Å². The lowest BCUT2D eigenvalue weighted by molar-refractivity contribution is -0.134. The van der Waals surface area contributed by atoms with Crippen LogP contribution in [-0.4, -0.2) is 38.6 Å². The number of aromatic amines is 1. The van der Waals surface area contributed by atoms with Crippen LogP contribution in [0.5, 0.6) is 11.6 Å². The van der Waals surface area contributed by atoms with Crippen molar-refractivity contribution in [2.24, 2.45) is 5.92 Å². The Morgan fingerprint density at radius 3 is 3.00 bits per heavy atom. The van der Waals surface area contributed by atoms with Crippen LogP contribution in [0.1, 0.15) is 12.5 Å². The van der Waals surface area contributed by atoms with E-state index >= 15 is 0 Å². The SMILES string of the molecule is [C-]#[N+]c1ccc(Oc2ccc3[nH]cc(C[C@H](C)C(=O)N4CSC[C@@H]4[N+]#[C-])c3c2)nc1. The first-order chi connectivity index (χ1) is 14.6. The van der Waals surface area contributed by atoms with Crippen molar-refractivity contribution in [1.29, 1.82) is 0 Å². The van der Waals surface area contributed by atoms with Crippen LogP contribution in [0.3, 0.4) is 0 Å². The van der Waals surface area contributed by atoms with Gasteiger partial charge in [-0.2, -0.15) is 0 Å². The molecule has 1 saturated heterocycles. The van der Waals surface area contributed by atoms with Gasteiger partial charge in [-0.1, -0.05) is 6.92 Å². The number of hydrogen-bond donors (Lipinski definition) is 1. The number of pyridine rings is 1. The molecule has 8 heteroatoms. The highest BCUT2D eigenvalue weighted by Gasteiger charge is 2.35. The molecular formula is C22H19N5O2S. The van der Waals surface area contributed by atoms with Gasteiger partial charge in [0.05, 0.1) is 18.2 Å². The van der Waals surface area contributed by atoms with E-state index < -0.39 is 0 Å². The number of carbonyl (C=O) groups excluding carboxylic acids is 1. The maximum Gasteiger partial charge on any atom is 0.310 e. The summed E-state index contributed by atoms with van der Waals surface area (Å²) in [5, 5.41) is 0.988. The van der Waals surface area contributed by atoms with Crippen molar-refractivity contribution < 1.29 is 9.53 Å². The monoisotopic (exact) mass is 417 g/mol. The molecule has 0 aliphatic carbocycles. The fourth-order valence-electron chi connectivity index (χ4n) is 3.46. The average Bonchev–Trinajstić information content (AvgIpc) is 3.40. The van der Waals surface area contributed by atoms with Gasteiger partial charge in [-0.15, -0.1) is 11.8 Å². The molecule has 7 nitrogen and oxygen atoms in total. The van der Waals surface area contributed by atoms with Gasteiger partial charge in [0.2, 0.25) is 17.5 Å². The molecule has 0 spiro atoms. The summed E-state index contributed by atoms with van der Waals surface area (Å²) in [6, 6.07) is 9.04. The number of rotatable bonds is 5. The summed E-state index contributed by atoms with van der Waals surface area (Å²) in [6.45, 7) is 16.2. The molecule has 1 aliphatic rings. The van der Waals surface area contributed by atoms with E-state index in [9.17, 15) is 4.79 Å². The lowest BCUT2D eigenvalue weighted by Gasteiger charge is -2.20. The van der Waals surface area contributed by atoms with Gasteiger partial charge < -0.3 is 9.72 Å². The second-order valence-electron chi connectivity index (χ2n) is 7.11. The molecule has 1 aromatic carbocycles. The van der Waals surface area contributed by atoms with E-state index in [4.69, 9.17) is 17.9 Å². The summed E-state index contributed by atoms with van der Waals surface area (Å²) < 4.78 is 5.83. The molecule has 30 heavy (non-hydrogen) atoms. The minimum absolute atomic E-state index is 0.0202. The van der Waals surface area contributed by atoms with Crippen LogP contribution in [-0.2, 0) is 11.2 Å². The van der Waals surface area contributed by atoms with Gasteiger partial charge in [0.25, 0.3) is 0 Å². The fraction of sp³-hybridized carbons (Fsp3) is 0.273. The number of amides is 1. The topological polar surface area (TPSA) is 66.9 Å². The maximum absolute atomic E-state index is 12.8. The fourth-order valence-corrected chi connectivity index (χ4v) is 4.53. The minimum atomic E-state index is -0.352. The lowest BCUT2D eigenvalue weighted by Crippen LogP contribution is -2.38. The lowest BCUT2D eigenvalue weighted by atomic mass is 9.99. The molecule has 4 rings (SSSR count). The van der Waals surface area contributed by atoms with Crippen LogP contribution in [0, 0.1) is 19.1 Å². The number of thioether (sulfide) groups is 1. The summed E-state index contributed by atoms with van der Waals surface area (Å²) in [4.78, 5) is 28.8. The number of nitrogens with zero attached hydrogens (tertiary/aromatic N) is 4. The summed E-state index contributed by atoms with van der Waals surface area (Å²) in [7, 11) is 0. The van der Waals surface area contributed by atoms with Gasteiger partial charge in [-0.05, 0) is 42.3 Å². The molecule has 0 radical (unpaired) electrons. The third-order valence-electron chi connectivity index (χ3n) is 5.05. The number of carbonyl (C=O) groups is 1. The predicted octanol–water partition coefficient (Wildman–Crippen LogP) is 4.86. The Morgan fingerprint density at radius 1 is 1.40 bits per heavy atom. The third kappa shape index (κ3) is 3.96. The second-order valence-corrected chi connectivity index (χ2v) is 8.11. The van der Waals surface area contributed by atoms with Crippen molar-refractivity contribution in [2.45, 2.75) is 19.5 Å². The van der Waals surface area contributed by atoms with E-state index in [2.05, 4.69) is 19.7 Å². The van der Waals surface area contributed by atoms with Crippen LogP contribution in [0.2, 0.25) is 0 Å². The van der Waals surface area contributed by atoms with Crippen LogP contribution in [0.4, 0.5) is 5.69 Å². The number of ether oxygens (including phenoxy) is 1. The molecule has 0 unspecified atom stereocenters. The molecule has 1 N–H and O–H groups in total. The Balaban J connectivity index is 1.52. The zero-order valence-corrected chi connectivity index (χ0v) is 17.1. The molecule has 3 aromatic rings.